The predicted molar refractivity (Wildman–Crippen MR) is 42.4 cm³/mol. The minimum Gasteiger partial charge on any atom is -0.373 e. The van der Waals surface area contributed by atoms with Gasteiger partial charge in [-0.2, -0.15) is 0 Å². The molecule has 0 unspecified atom stereocenters. The molecule has 2 rings (SSSR count). The first-order valence-electron chi connectivity index (χ1n) is 3.56. The lowest BCUT2D eigenvalue weighted by Gasteiger charge is -2.18. The number of hydrogen-bond acceptors (Lipinski definition) is 2. The number of hydrogen-bond donors (Lipinski definition) is 0. The molecule has 1 aromatic heterocycles. The molecule has 0 amide bonds. The van der Waals surface area contributed by atoms with Crippen LogP contribution in [-0.2, 0) is 11.2 Å². The summed E-state index contributed by atoms with van der Waals surface area (Å²) in [5.74, 6) is 0. The number of fused-ring (bicyclic) bond motifs is 1. The van der Waals surface area contributed by atoms with E-state index in [1.807, 2.05) is 11.3 Å². The molecule has 54 valence electrons. The van der Waals surface area contributed by atoms with E-state index in [1.165, 1.54) is 10.4 Å². The first-order valence-corrected chi connectivity index (χ1v) is 4.44. The summed E-state index contributed by atoms with van der Waals surface area (Å²) >= 11 is 1.81. The van der Waals surface area contributed by atoms with Gasteiger partial charge in [-0.3, -0.25) is 0 Å². The molecule has 0 saturated carbocycles. The Labute approximate surface area is 64.6 Å². The Morgan fingerprint density at radius 2 is 2.60 bits per heavy atom. The van der Waals surface area contributed by atoms with Gasteiger partial charge in [0, 0.05) is 4.88 Å². The number of thiophene rings is 1. The van der Waals surface area contributed by atoms with Gasteiger partial charge in [-0.25, -0.2) is 0 Å². The van der Waals surface area contributed by atoms with Crippen LogP contribution in [0.5, 0.6) is 0 Å². The van der Waals surface area contributed by atoms with E-state index in [0.29, 0.717) is 6.10 Å². The molecule has 0 aliphatic carbocycles. The van der Waals surface area contributed by atoms with Crippen molar-refractivity contribution in [1.29, 1.82) is 0 Å². The molecule has 2 heteroatoms. The van der Waals surface area contributed by atoms with Gasteiger partial charge in [0.25, 0.3) is 0 Å². The fraction of sp³-hybridized carbons (Fsp3) is 0.500. The Morgan fingerprint density at radius 3 is 3.40 bits per heavy atom. The van der Waals surface area contributed by atoms with Crippen LogP contribution in [0.25, 0.3) is 0 Å². The zero-order valence-corrected chi connectivity index (χ0v) is 6.78. The molecule has 0 saturated heterocycles. The van der Waals surface area contributed by atoms with Gasteiger partial charge in [0.15, 0.2) is 0 Å². The van der Waals surface area contributed by atoms with E-state index < -0.39 is 0 Å². The van der Waals surface area contributed by atoms with Crippen LogP contribution < -0.4 is 0 Å². The van der Waals surface area contributed by atoms with Crippen LogP contribution in [0.1, 0.15) is 23.5 Å². The number of rotatable bonds is 0. The molecule has 1 aliphatic heterocycles. The van der Waals surface area contributed by atoms with E-state index in [0.717, 1.165) is 13.0 Å². The standard InChI is InChI=1S/C8H10OS/c1-6-8-7(2-4-9-6)3-5-10-8/h3,5-6H,2,4H2,1H3/t6-/m0/s1. The highest BCUT2D eigenvalue weighted by molar-refractivity contribution is 7.10. The van der Waals surface area contributed by atoms with Gasteiger partial charge in [-0.15, -0.1) is 11.3 Å². The highest BCUT2D eigenvalue weighted by Crippen LogP contribution is 2.30. The monoisotopic (exact) mass is 154 g/mol. The maximum absolute atomic E-state index is 5.47. The zero-order chi connectivity index (χ0) is 6.97. The van der Waals surface area contributed by atoms with Gasteiger partial charge in [0.05, 0.1) is 12.7 Å². The second-order valence-corrected chi connectivity index (χ2v) is 3.52. The van der Waals surface area contributed by atoms with Crippen LogP contribution in [-0.4, -0.2) is 6.61 Å². The molecule has 0 spiro atoms. The van der Waals surface area contributed by atoms with Crippen molar-refractivity contribution in [3.63, 3.8) is 0 Å². The van der Waals surface area contributed by atoms with Crippen LogP contribution in [0.3, 0.4) is 0 Å². The zero-order valence-electron chi connectivity index (χ0n) is 5.96. The largest absolute Gasteiger partial charge is 0.373 e. The van der Waals surface area contributed by atoms with Gasteiger partial charge in [-0.05, 0) is 30.4 Å². The quantitative estimate of drug-likeness (QED) is 0.557. The summed E-state index contributed by atoms with van der Waals surface area (Å²) in [7, 11) is 0. The van der Waals surface area contributed by atoms with Crippen molar-refractivity contribution in [2.75, 3.05) is 6.61 Å². The van der Waals surface area contributed by atoms with Gasteiger partial charge >= 0.3 is 0 Å². The van der Waals surface area contributed by atoms with E-state index in [-0.39, 0.29) is 0 Å². The molecular weight excluding hydrogens is 144 g/mol. The Balaban J connectivity index is 2.41. The van der Waals surface area contributed by atoms with Crippen molar-refractivity contribution in [3.8, 4) is 0 Å². The Bertz CT molecular complexity index is 229. The van der Waals surface area contributed by atoms with E-state index in [4.69, 9.17) is 4.74 Å². The summed E-state index contributed by atoms with van der Waals surface area (Å²) in [5.41, 5.74) is 1.49. The van der Waals surface area contributed by atoms with Crippen LogP contribution in [0.2, 0.25) is 0 Å². The topological polar surface area (TPSA) is 9.23 Å². The Kier molecular flexibility index (Phi) is 1.51. The summed E-state index contributed by atoms with van der Waals surface area (Å²) in [5, 5.41) is 2.15. The average Bonchev–Trinajstić information content (AvgIpc) is 2.36. The summed E-state index contributed by atoms with van der Waals surface area (Å²) in [6, 6.07) is 2.21. The lowest BCUT2D eigenvalue weighted by Crippen LogP contribution is -2.10. The minimum absolute atomic E-state index is 0.337. The summed E-state index contributed by atoms with van der Waals surface area (Å²) in [6.07, 6.45) is 1.44. The highest BCUT2D eigenvalue weighted by atomic mass is 32.1. The van der Waals surface area contributed by atoms with Crippen LogP contribution in [0.15, 0.2) is 11.4 Å². The molecule has 10 heavy (non-hydrogen) atoms. The fourth-order valence-electron chi connectivity index (χ4n) is 1.33. The van der Waals surface area contributed by atoms with E-state index >= 15 is 0 Å². The third-order valence-electron chi connectivity index (χ3n) is 1.89. The van der Waals surface area contributed by atoms with Gasteiger partial charge in [0.2, 0.25) is 0 Å². The van der Waals surface area contributed by atoms with Crippen molar-refractivity contribution in [3.05, 3.63) is 21.9 Å². The molecule has 2 heterocycles. The highest BCUT2D eigenvalue weighted by Gasteiger charge is 2.16. The second-order valence-electron chi connectivity index (χ2n) is 2.57. The second kappa shape index (κ2) is 2.36. The summed E-state index contributed by atoms with van der Waals surface area (Å²) < 4.78 is 5.47. The molecule has 0 bridgehead atoms. The van der Waals surface area contributed by atoms with Crippen molar-refractivity contribution in [2.24, 2.45) is 0 Å². The van der Waals surface area contributed by atoms with Gasteiger partial charge in [-0.1, -0.05) is 0 Å². The van der Waals surface area contributed by atoms with Crippen molar-refractivity contribution < 1.29 is 4.74 Å². The molecule has 0 N–H and O–H groups in total. The smallest absolute Gasteiger partial charge is 0.0891 e. The fourth-order valence-corrected chi connectivity index (χ4v) is 2.29. The molecule has 0 fully saturated rings. The lowest BCUT2D eigenvalue weighted by atomic mass is 10.1. The van der Waals surface area contributed by atoms with Crippen molar-refractivity contribution in [1.82, 2.24) is 0 Å². The first-order chi connectivity index (χ1) is 4.88. The third-order valence-corrected chi connectivity index (χ3v) is 3.01. The average molecular weight is 154 g/mol. The van der Waals surface area contributed by atoms with Crippen LogP contribution in [0.4, 0.5) is 0 Å². The maximum Gasteiger partial charge on any atom is 0.0891 e. The van der Waals surface area contributed by atoms with Crippen LogP contribution >= 0.6 is 11.3 Å². The normalized spacial score (nSPS) is 24.3. The summed E-state index contributed by atoms with van der Waals surface area (Å²) in [6.45, 7) is 3.01. The number of ether oxygens (including phenoxy) is 1. The molecule has 0 radical (unpaired) electrons. The third kappa shape index (κ3) is 0.879. The lowest BCUT2D eigenvalue weighted by molar-refractivity contribution is 0.0586. The minimum atomic E-state index is 0.337. The van der Waals surface area contributed by atoms with Gasteiger partial charge in [0.1, 0.15) is 0 Å². The SMILES string of the molecule is C[C@@H]1OCCc2ccsc21. The molecular formula is C8H10OS. The predicted octanol–water partition coefficient (Wildman–Crippen LogP) is 2.38. The molecule has 1 nitrogen and oxygen atoms in total. The maximum atomic E-state index is 5.47. The summed E-state index contributed by atoms with van der Waals surface area (Å²) in [4.78, 5) is 1.42. The van der Waals surface area contributed by atoms with E-state index in [1.54, 1.807) is 0 Å². The first kappa shape index (κ1) is 6.38. The molecule has 1 aromatic rings. The Morgan fingerprint density at radius 1 is 1.70 bits per heavy atom. The van der Waals surface area contributed by atoms with E-state index in [2.05, 4.69) is 18.4 Å². The molecule has 0 aromatic carbocycles. The molecule has 1 aliphatic rings. The molecule has 1 atom stereocenters. The van der Waals surface area contributed by atoms with E-state index in [9.17, 15) is 0 Å². The van der Waals surface area contributed by atoms with Gasteiger partial charge < -0.3 is 4.74 Å². The van der Waals surface area contributed by atoms with Crippen molar-refractivity contribution >= 4 is 11.3 Å². The van der Waals surface area contributed by atoms with Crippen LogP contribution in [0, 0.1) is 0 Å². The van der Waals surface area contributed by atoms with Crippen molar-refractivity contribution in [2.45, 2.75) is 19.4 Å². The Hall–Kier alpha value is -0.340.